The third-order valence-electron chi connectivity index (χ3n) is 5.08. The average Bonchev–Trinajstić information content (AvgIpc) is 3.10. The van der Waals surface area contributed by atoms with Gasteiger partial charge in [-0.15, -0.1) is 0 Å². The van der Waals surface area contributed by atoms with Crippen molar-refractivity contribution in [2.45, 2.75) is 12.5 Å². The van der Waals surface area contributed by atoms with Crippen LogP contribution in [0.2, 0.25) is 0 Å². The molecular weight excluding hydrogens is 328 g/mol. The van der Waals surface area contributed by atoms with E-state index in [4.69, 9.17) is 5.26 Å². The molecule has 2 aliphatic rings. The van der Waals surface area contributed by atoms with E-state index < -0.39 is 0 Å². The number of hydrogen-bond donors (Lipinski definition) is 0. The molecular formula is C19H20N6O. The van der Waals surface area contributed by atoms with E-state index in [1.807, 2.05) is 23.1 Å². The van der Waals surface area contributed by atoms with Crippen molar-refractivity contribution in [2.75, 3.05) is 42.5 Å². The lowest BCUT2D eigenvalue weighted by Crippen LogP contribution is -2.53. The Morgan fingerprint density at radius 3 is 2.35 bits per heavy atom. The van der Waals surface area contributed by atoms with Gasteiger partial charge in [-0.1, -0.05) is 0 Å². The molecule has 26 heavy (non-hydrogen) atoms. The van der Waals surface area contributed by atoms with Crippen LogP contribution in [-0.4, -0.2) is 59.5 Å². The van der Waals surface area contributed by atoms with E-state index in [1.54, 1.807) is 24.5 Å². The number of piperazine rings is 1. The van der Waals surface area contributed by atoms with Gasteiger partial charge in [0.05, 0.1) is 17.7 Å². The number of hydrogen-bond acceptors (Lipinski definition) is 6. The molecule has 1 aromatic carbocycles. The minimum Gasteiger partial charge on any atom is -0.338 e. The zero-order valence-corrected chi connectivity index (χ0v) is 14.5. The van der Waals surface area contributed by atoms with Crippen LogP contribution < -0.4 is 9.80 Å². The predicted octanol–water partition coefficient (Wildman–Crippen LogP) is 1.28. The maximum absolute atomic E-state index is 12.9. The molecule has 2 aliphatic heterocycles. The Balaban J connectivity index is 1.39. The van der Waals surface area contributed by atoms with Crippen molar-refractivity contribution in [3.63, 3.8) is 0 Å². The van der Waals surface area contributed by atoms with E-state index in [9.17, 15) is 4.79 Å². The van der Waals surface area contributed by atoms with E-state index in [2.05, 4.69) is 25.8 Å². The lowest BCUT2D eigenvalue weighted by atomic mass is 10.2. The summed E-state index contributed by atoms with van der Waals surface area (Å²) in [5, 5.41) is 8.91. The molecule has 2 saturated heterocycles. The number of rotatable bonds is 3. The molecule has 2 aromatic rings. The van der Waals surface area contributed by atoms with Gasteiger partial charge in [0.1, 0.15) is 0 Å². The average molecular weight is 348 g/mol. The first kappa shape index (κ1) is 16.5. The molecule has 0 radical (unpaired) electrons. The molecule has 132 valence electrons. The van der Waals surface area contributed by atoms with Gasteiger partial charge in [0.25, 0.3) is 0 Å². The van der Waals surface area contributed by atoms with Crippen LogP contribution in [0.3, 0.4) is 0 Å². The molecule has 3 heterocycles. The Bertz CT molecular complexity index is 808. The van der Waals surface area contributed by atoms with Crippen LogP contribution in [0.4, 0.5) is 11.6 Å². The quantitative estimate of drug-likeness (QED) is 0.832. The predicted molar refractivity (Wildman–Crippen MR) is 97.7 cm³/mol. The van der Waals surface area contributed by atoms with Crippen LogP contribution in [0.15, 0.2) is 42.7 Å². The first-order valence-corrected chi connectivity index (χ1v) is 8.84. The molecule has 1 unspecified atom stereocenters. The Labute approximate surface area is 152 Å². The summed E-state index contributed by atoms with van der Waals surface area (Å²) in [6.07, 6.45) is 4.34. The summed E-state index contributed by atoms with van der Waals surface area (Å²) in [6.45, 7) is 4.03. The van der Waals surface area contributed by atoms with Crippen molar-refractivity contribution >= 4 is 17.5 Å². The van der Waals surface area contributed by atoms with Crippen molar-refractivity contribution in [3.05, 3.63) is 48.3 Å². The molecule has 4 rings (SSSR count). The highest BCUT2D eigenvalue weighted by molar-refractivity contribution is 5.99. The van der Waals surface area contributed by atoms with Gasteiger partial charge in [0.2, 0.25) is 11.9 Å². The van der Waals surface area contributed by atoms with Gasteiger partial charge in [0, 0.05) is 50.8 Å². The van der Waals surface area contributed by atoms with Gasteiger partial charge < -0.3 is 9.80 Å². The fourth-order valence-electron chi connectivity index (χ4n) is 3.66. The summed E-state index contributed by atoms with van der Waals surface area (Å²) in [4.78, 5) is 27.8. The summed E-state index contributed by atoms with van der Waals surface area (Å²) in [5.41, 5.74) is 1.48. The molecule has 1 aromatic heterocycles. The largest absolute Gasteiger partial charge is 0.338 e. The van der Waals surface area contributed by atoms with Crippen LogP contribution >= 0.6 is 0 Å². The highest BCUT2D eigenvalue weighted by Crippen LogP contribution is 2.25. The molecule has 7 nitrogen and oxygen atoms in total. The van der Waals surface area contributed by atoms with Crippen LogP contribution in [0.25, 0.3) is 0 Å². The van der Waals surface area contributed by atoms with E-state index in [0.717, 1.165) is 50.8 Å². The van der Waals surface area contributed by atoms with E-state index in [-0.39, 0.29) is 11.9 Å². The topological polar surface area (TPSA) is 76.4 Å². The van der Waals surface area contributed by atoms with Crippen molar-refractivity contribution in [2.24, 2.45) is 0 Å². The Hall–Kier alpha value is -2.98. The fourth-order valence-corrected chi connectivity index (χ4v) is 3.66. The number of carbonyl (C=O) groups excluding carboxylic acids is 1. The van der Waals surface area contributed by atoms with Crippen LogP contribution in [0, 0.1) is 11.3 Å². The van der Waals surface area contributed by atoms with Gasteiger partial charge in [-0.25, -0.2) is 9.97 Å². The zero-order valence-electron chi connectivity index (χ0n) is 14.5. The molecule has 0 aliphatic carbocycles. The first-order valence-electron chi connectivity index (χ1n) is 8.84. The number of amides is 1. The van der Waals surface area contributed by atoms with Gasteiger partial charge in [-0.05, 0) is 36.8 Å². The number of benzene rings is 1. The number of nitriles is 1. The Kier molecular flexibility index (Phi) is 4.50. The number of nitrogens with zero attached hydrogens (tertiary/aromatic N) is 6. The first-order chi connectivity index (χ1) is 12.8. The summed E-state index contributed by atoms with van der Waals surface area (Å²) in [6, 6.07) is 11.1. The second kappa shape index (κ2) is 7.10. The van der Waals surface area contributed by atoms with Crippen LogP contribution in [-0.2, 0) is 4.79 Å². The van der Waals surface area contributed by atoms with Crippen molar-refractivity contribution in [1.82, 2.24) is 14.9 Å². The Morgan fingerprint density at radius 2 is 1.69 bits per heavy atom. The third-order valence-corrected chi connectivity index (χ3v) is 5.08. The molecule has 0 bridgehead atoms. The highest BCUT2D eigenvalue weighted by Gasteiger charge is 2.37. The summed E-state index contributed by atoms with van der Waals surface area (Å²) in [5.74, 6) is 0.906. The van der Waals surface area contributed by atoms with Crippen LogP contribution in [0.5, 0.6) is 0 Å². The standard InChI is InChI=1S/C19H20N6O/c20-14-15-2-4-16(5-3-15)25-9-6-17(18(25)26)23-10-12-24(13-11-23)19-21-7-1-8-22-19/h1-5,7-8,17H,6,9-13H2. The molecule has 1 amide bonds. The van der Waals surface area contributed by atoms with E-state index in [0.29, 0.717) is 5.56 Å². The highest BCUT2D eigenvalue weighted by atomic mass is 16.2. The summed E-state index contributed by atoms with van der Waals surface area (Å²) >= 11 is 0. The summed E-state index contributed by atoms with van der Waals surface area (Å²) in [7, 11) is 0. The number of carbonyl (C=O) groups is 1. The lowest BCUT2D eigenvalue weighted by molar-refractivity contribution is -0.121. The second-order valence-corrected chi connectivity index (χ2v) is 6.52. The Morgan fingerprint density at radius 1 is 1.00 bits per heavy atom. The van der Waals surface area contributed by atoms with E-state index in [1.165, 1.54) is 0 Å². The van der Waals surface area contributed by atoms with Gasteiger partial charge in [-0.3, -0.25) is 9.69 Å². The molecule has 7 heteroatoms. The molecule has 2 fully saturated rings. The van der Waals surface area contributed by atoms with Crippen molar-refractivity contribution in [1.29, 1.82) is 5.26 Å². The molecule has 0 saturated carbocycles. The van der Waals surface area contributed by atoms with Crippen molar-refractivity contribution < 1.29 is 4.79 Å². The normalized spacial score (nSPS) is 21.0. The monoisotopic (exact) mass is 348 g/mol. The molecule has 1 atom stereocenters. The number of anilines is 2. The van der Waals surface area contributed by atoms with E-state index >= 15 is 0 Å². The second-order valence-electron chi connectivity index (χ2n) is 6.52. The minimum atomic E-state index is -0.0653. The van der Waals surface area contributed by atoms with Gasteiger partial charge >= 0.3 is 0 Å². The SMILES string of the molecule is N#Cc1ccc(N2CCC(N3CCN(c4ncccn4)CC3)C2=O)cc1. The lowest BCUT2D eigenvalue weighted by Gasteiger charge is -2.37. The zero-order chi connectivity index (χ0) is 17.9. The van der Waals surface area contributed by atoms with Gasteiger partial charge in [-0.2, -0.15) is 5.26 Å². The summed E-state index contributed by atoms with van der Waals surface area (Å²) < 4.78 is 0. The van der Waals surface area contributed by atoms with Gasteiger partial charge in [0.15, 0.2) is 0 Å². The fraction of sp³-hybridized carbons (Fsp3) is 0.368. The molecule has 0 spiro atoms. The smallest absolute Gasteiger partial charge is 0.244 e. The number of aromatic nitrogens is 2. The van der Waals surface area contributed by atoms with Crippen molar-refractivity contribution in [3.8, 4) is 6.07 Å². The third kappa shape index (κ3) is 3.11. The van der Waals surface area contributed by atoms with Crippen LogP contribution in [0.1, 0.15) is 12.0 Å². The maximum atomic E-state index is 12.9. The minimum absolute atomic E-state index is 0.0653. The maximum Gasteiger partial charge on any atom is 0.244 e. The molecule has 0 N–H and O–H groups in total.